The number of Topliss-reactive ketones (excluding diaryl/α,β-unsaturated/α-hetero) is 1. The molecular formula is C16H18N2O3S. The minimum atomic E-state index is -0.350. The van der Waals surface area contributed by atoms with E-state index in [0.29, 0.717) is 11.1 Å². The summed E-state index contributed by atoms with van der Waals surface area (Å²) in [6.07, 6.45) is 0.733. The average Bonchev–Trinajstić information content (AvgIpc) is 2.52. The van der Waals surface area contributed by atoms with E-state index in [1.807, 2.05) is 19.9 Å². The largest absolute Gasteiger partial charge is 0.493 e. The van der Waals surface area contributed by atoms with Crippen LogP contribution in [0.15, 0.2) is 40.3 Å². The summed E-state index contributed by atoms with van der Waals surface area (Å²) in [5, 5.41) is 10.2. The van der Waals surface area contributed by atoms with Crippen molar-refractivity contribution in [3.05, 3.63) is 51.8 Å². The molecule has 2 aromatic rings. The van der Waals surface area contributed by atoms with E-state index in [0.717, 1.165) is 18.2 Å². The molecule has 116 valence electrons. The Bertz CT molecular complexity index is 713. The zero-order chi connectivity index (χ0) is 16.1. The fourth-order valence-electron chi connectivity index (χ4n) is 2.01. The van der Waals surface area contributed by atoms with Crippen molar-refractivity contribution in [2.75, 3.05) is 5.75 Å². The number of hydrogen-bond donors (Lipinski definition) is 2. The van der Waals surface area contributed by atoms with Crippen LogP contribution in [0.4, 0.5) is 0 Å². The maximum Gasteiger partial charge on any atom is 0.258 e. The van der Waals surface area contributed by atoms with Crippen LogP contribution in [-0.4, -0.2) is 26.6 Å². The first-order valence-corrected chi connectivity index (χ1v) is 8.05. The minimum Gasteiger partial charge on any atom is -0.493 e. The summed E-state index contributed by atoms with van der Waals surface area (Å²) >= 11 is 1.10. The summed E-state index contributed by atoms with van der Waals surface area (Å²) in [6.45, 7) is 3.79. The molecule has 1 aromatic carbocycles. The third-order valence-corrected chi connectivity index (χ3v) is 4.33. The van der Waals surface area contributed by atoms with Crippen molar-refractivity contribution in [3.63, 3.8) is 0 Å². The Morgan fingerprint density at radius 2 is 2.05 bits per heavy atom. The van der Waals surface area contributed by atoms with Gasteiger partial charge in [0.25, 0.3) is 5.56 Å². The molecule has 0 aliphatic rings. The van der Waals surface area contributed by atoms with Crippen molar-refractivity contribution in [2.24, 2.45) is 0 Å². The maximum absolute atomic E-state index is 12.0. The van der Waals surface area contributed by atoms with Crippen LogP contribution >= 0.6 is 11.8 Å². The molecule has 2 N–H and O–H groups in total. The van der Waals surface area contributed by atoms with Gasteiger partial charge in [-0.3, -0.25) is 9.59 Å². The first-order chi connectivity index (χ1) is 10.5. The third-order valence-electron chi connectivity index (χ3n) is 3.45. The highest BCUT2D eigenvalue weighted by molar-refractivity contribution is 7.99. The van der Waals surface area contributed by atoms with Crippen LogP contribution in [0, 0.1) is 0 Å². The second-order valence-corrected chi connectivity index (χ2v) is 5.96. The molecule has 1 atom stereocenters. The van der Waals surface area contributed by atoms with Crippen molar-refractivity contribution in [1.82, 2.24) is 9.97 Å². The number of hydrogen-bond acceptors (Lipinski definition) is 5. The standard InChI is InChI=1S/C16H18N2O3S/c1-3-10(2)13-14(20)17-16(18-15(13)21)22-9-12(19)11-7-5-4-6-8-11/h4-8,10H,3,9H2,1-2H3,(H2,17,18,20,21)/t10-/m0/s1. The minimum absolute atomic E-state index is 0.0567. The summed E-state index contributed by atoms with van der Waals surface area (Å²) in [6, 6.07) is 8.91. The van der Waals surface area contributed by atoms with Crippen LogP contribution in [0.25, 0.3) is 0 Å². The Labute approximate surface area is 132 Å². The van der Waals surface area contributed by atoms with Crippen LogP contribution in [-0.2, 0) is 0 Å². The number of nitrogens with zero attached hydrogens (tertiary/aromatic N) is 1. The Morgan fingerprint density at radius 3 is 2.64 bits per heavy atom. The molecule has 0 fully saturated rings. The molecule has 0 saturated heterocycles. The number of aromatic nitrogens is 2. The number of thioether (sulfide) groups is 1. The molecule has 0 amide bonds. The lowest BCUT2D eigenvalue weighted by Gasteiger charge is -2.10. The van der Waals surface area contributed by atoms with Crippen LogP contribution in [0.3, 0.4) is 0 Å². The van der Waals surface area contributed by atoms with Gasteiger partial charge < -0.3 is 10.1 Å². The smallest absolute Gasteiger partial charge is 0.258 e. The molecule has 0 saturated carbocycles. The van der Waals surface area contributed by atoms with Crippen molar-refractivity contribution in [1.29, 1.82) is 0 Å². The lowest BCUT2D eigenvalue weighted by atomic mass is 10.0. The highest BCUT2D eigenvalue weighted by Gasteiger charge is 2.17. The van der Waals surface area contributed by atoms with E-state index in [4.69, 9.17) is 0 Å². The maximum atomic E-state index is 12.0. The quantitative estimate of drug-likeness (QED) is 0.486. The molecule has 5 nitrogen and oxygen atoms in total. The molecule has 0 aliphatic heterocycles. The summed E-state index contributed by atoms with van der Waals surface area (Å²) in [5.74, 6) is -0.234. The van der Waals surface area contributed by atoms with Gasteiger partial charge in [-0.05, 0) is 12.3 Å². The van der Waals surface area contributed by atoms with Gasteiger partial charge in [0.2, 0.25) is 5.88 Å². The average molecular weight is 318 g/mol. The zero-order valence-electron chi connectivity index (χ0n) is 12.5. The Balaban J connectivity index is 2.12. The van der Waals surface area contributed by atoms with Gasteiger partial charge in [-0.25, -0.2) is 0 Å². The van der Waals surface area contributed by atoms with Gasteiger partial charge in [0.1, 0.15) is 0 Å². The zero-order valence-corrected chi connectivity index (χ0v) is 13.3. The molecule has 0 radical (unpaired) electrons. The highest BCUT2D eigenvalue weighted by atomic mass is 32.2. The van der Waals surface area contributed by atoms with Gasteiger partial charge in [-0.15, -0.1) is 0 Å². The number of rotatable bonds is 6. The second-order valence-electron chi connectivity index (χ2n) is 5.00. The topological polar surface area (TPSA) is 83.1 Å². The molecule has 0 spiro atoms. The van der Waals surface area contributed by atoms with Crippen LogP contribution in [0.5, 0.6) is 5.88 Å². The van der Waals surface area contributed by atoms with E-state index in [2.05, 4.69) is 9.97 Å². The molecule has 2 rings (SSSR count). The lowest BCUT2D eigenvalue weighted by molar-refractivity contribution is 0.102. The van der Waals surface area contributed by atoms with E-state index >= 15 is 0 Å². The Morgan fingerprint density at radius 1 is 1.36 bits per heavy atom. The number of H-pyrrole nitrogens is 1. The van der Waals surface area contributed by atoms with Gasteiger partial charge in [-0.2, -0.15) is 4.98 Å². The number of aromatic hydroxyl groups is 1. The van der Waals surface area contributed by atoms with E-state index in [9.17, 15) is 14.7 Å². The van der Waals surface area contributed by atoms with E-state index in [-0.39, 0.29) is 34.0 Å². The number of carbonyl (C=O) groups is 1. The van der Waals surface area contributed by atoms with E-state index in [1.165, 1.54) is 0 Å². The van der Waals surface area contributed by atoms with Crippen LogP contribution < -0.4 is 5.56 Å². The van der Waals surface area contributed by atoms with E-state index < -0.39 is 0 Å². The van der Waals surface area contributed by atoms with Gasteiger partial charge in [0.15, 0.2) is 10.9 Å². The number of nitrogens with one attached hydrogen (secondary N) is 1. The van der Waals surface area contributed by atoms with Crippen LogP contribution in [0.2, 0.25) is 0 Å². The number of aromatic amines is 1. The fourth-order valence-corrected chi connectivity index (χ4v) is 2.76. The van der Waals surface area contributed by atoms with Gasteiger partial charge in [-0.1, -0.05) is 55.9 Å². The molecule has 22 heavy (non-hydrogen) atoms. The molecule has 1 aromatic heterocycles. The first kappa shape index (κ1) is 16.3. The highest BCUT2D eigenvalue weighted by Crippen LogP contribution is 2.24. The van der Waals surface area contributed by atoms with Crippen molar-refractivity contribution in [2.45, 2.75) is 31.3 Å². The number of benzene rings is 1. The summed E-state index contributed by atoms with van der Waals surface area (Å²) in [7, 11) is 0. The van der Waals surface area contributed by atoms with Crippen molar-refractivity contribution < 1.29 is 9.90 Å². The third kappa shape index (κ3) is 3.76. The predicted octanol–water partition coefficient (Wildman–Crippen LogP) is 2.96. The number of ketones is 1. The molecule has 0 unspecified atom stereocenters. The monoisotopic (exact) mass is 318 g/mol. The summed E-state index contributed by atoms with van der Waals surface area (Å²) in [4.78, 5) is 30.6. The molecule has 1 heterocycles. The Kier molecular flexibility index (Phi) is 5.38. The normalized spacial score (nSPS) is 12.1. The van der Waals surface area contributed by atoms with Gasteiger partial charge >= 0.3 is 0 Å². The summed E-state index contributed by atoms with van der Waals surface area (Å²) in [5.41, 5.74) is 0.551. The summed E-state index contributed by atoms with van der Waals surface area (Å²) < 4.78 is 0. The molecule has 0 bridgehead atoms. The predicted molar refractivity (Wildman–Crippen MR) is 86.7 cm³/mol. The lowest BCUT2D eigenvalue weighted by Crippen LogP contribution is -2.17. The van der Waals surface area contributed by atoms with Gasteiger partial charge in [0, 0.05) is 5.56 Å². The van der Waals surface area contributed by atoms with Gasteiger partial charge in [0.05, 0.1) is 11.3 Å². The molecule has 0 aliphatic carbocycles. The number of carbonyl (C=O) groups excluding carboxylic acids is 1. The second kappa shape index (κ2) is 7.26. The van der Waals surface area contributed by atoms with Crippen LogP contribution in [0.1, 0.15) is 42.1 Å². The van der Waals surface area contributed by atoms with Crippen molar-refractivity contribution >= 4 is 17.5 Å². The fraction of sp³-hybridized carbons (Fsp3) is 0.312. The van der Waals surface area contributed by atoms with Crippen molar-refractivity contribution in [3.8, 4) is 5.88 Å². The SMILES string of the molecule is CC[C@H](C)c1c(O)nc(SCC(=O)c2ccccc2)[nH]c1=O. The van der Waals surface area contributed by atoms with E-state index in [1.54, 1.807) is 24.3 Å². The molecule has 6 heteroatoms. The molecular weight excluding hydrogens is 300 g/mol. The Hall–Kier alpha value is -2.08. The first-order valence-electron chi connectivity index (χ1n) is 7.07.